The van der Waals surface area contributed by atoms with Crippen LogP contribution in [-0.2, 0) is 4.74 Å². The molecule has 2 N–H and O–H groups in total. The third-order valence-electron chi connectivity index (χ3n) is 5.16. The van der Waals surface area contributed by atoms with Gasteiger partial charge in [0.15, 0.2) is 0 Å². The van der Waals surface area contributed by atoms with Gasteiger partial charge in [0, 0.05) is 13.2 Å². The molecule has 0 aromatic heterocycles. The highest BCUT2D eigenvalue weighted by Gasteiger charge is 2.30. The molecular formula is C16H32N2O. The zero-order chi connectivity index (χ0) is 13.6. The van der Waals surface area contributed by atoms with E-state index in [0.29, 0.717) is 11.5 Å². The van der Waals surface area contributed by atoms with Gasteiger partial charge in [-0.3, -0.25) is 0 Å². The van der Waals surface area contributed by atoms with E-state index in [9.17, 15) is 0 Å². The lowest BCUT2D eigenvalue weighted by Crippen LogP contribution is -2.39. The number of hydrogen-bond acceptors (Lipinski definition) is 3. The topological polar surface area (TPSA) is 38.5 Å². The lowest BCUT2D eigenvalue weighted by Gasteiger charge is -2.38. The summed E-state index contributed by atoms with van der Waals surface area (Å²) in [6, 6.07) is 0. The maximum atomic E-state index is 6.07. The van der Waals surface area contributed by atoms with Crippen LogP contribution in [0.2, 0.25) is 0 Å². The monoisotopic (exact) mass is 268 g/mol. The molecule has 0 aromatic rings. The first-order valence-corrected chi connectivity index (χ1v) is 8.24. The Kier molecular flexibility index (Phi) is 6.11. The van der Waals surface area contributed by atoms with E-state index >= 15 is 0 Å². The maximum Gasteiger partial charge on any atom is 0.0701 e. The highest BCUT2D eigenvalue weighted by Crippen LogP contribution is 2.38. The molecular weight excluding hydrogens is 236 g/mol. The molecule has 2 fully saturated rings. The number of nitrogens with two attached hydrogens (primary N) is 1. The average Bonchev–Trinajstić information content (AvgIpc) is 2.47. The lowest BCUT2D eigenvalue weighted by molar-refractivity contribution is -0.00373. The molecule has 3 heteroatoms. The van der Waals surface area contributed by atoms with Crippen LogP contribution in [-0.4, -0.2) is 44.3 Å². The second-order valence-electron chi connectivity index (χ2n) is 6.77. The third-order valence-corrected chi connectivity index (χ3v) is 5.16. The van der Waals surface area contributed by atoms with Crippen LogP contribution in [0.5, 0.6) is 0 Å². The number of likely N-dealkylation sites (N-methyl/N-ethyl adjacent to an activating group) is 1. The molecule has 1 heterocycles. The molecule has 0 radical (unpaired) electrons. The summed E-state index contributed by atoms with van der Waals surface area (Å²) in [5, 5.41) is 0. The zero-order valence-corrected chi connectivity index (χ0v) is 12.7. The molecule has 0 spiro atoms. The first-order chi connectivity index (χ1) is 9.24. The van der Waals surface area contributed by atoms with Gasteiger partial charge in [-0.05, 0) is 64.1 Å². The fourth-order valence-corrected chi connectivity index (χ4v) is 3.68. The first-order valence-electron chi connectivity index (χ1n) is 8.24. The van der Waals surface area contributed by atoms with Crippen molar-refractivity contribution in [2.24, 2.45) is 11.1 Å². The van der Waals surface area contributed by atoms with E-state index in [1.807, 2.05) is 0 Å². The van der Waals surface area contributed by atoms with Crippen molar-refractivity contribution < 1.29 is 4.74 Å². The Balaban J connectivity index is 1.70. The summed E-state index contributed by atoms with van der Waals surface area (Å²) in [4.78, 5) is 2.46. The van der Waals surface area contributed by atoms with Crippen molar-refractivity contribution in [1.29, 1.82) is 0 Å². The minimum absolute atomic E-state index is 0.444. The van der Waals surface area contributed by atoms with Crippen molar-refractivity contribution in [1.82, 2.24) is 4.90 Å². The van der Waals surface area contributed by atoms with Crippen LogP contribution in [0.15, 0.2) is 0 Å². The fourth-order valence-electron chi connectivity index (χ4n) is 3.68. The van der Waals surface area contributed by atoms with Crippen molar-refractivity contribution in [2.75, 3.05) is 33.3 Å². The van der Waals surface area contributed by atoms with Crippen LogP contribution in [0.25, 0.3) is 0 Å². The molecule has 0 bridgehead atoms. The highest BCUT2D eigenvalue weighted by atomic mass is 16.5. The van der Waals surface area contributed by atoms with Gasteiger partial charge in [-0.1, -0.05) is 19.3 Å². The SMILES string of the molecule is CN(CCC1(CN)CCCCC1)CC1CCCCO1. The molecule has 1 saturated carbocycles. The second-order valence-corrected chi connectivity index (χ2v) is 6.77. The summed E-state index contributed by atoms with van der Waals surface area (Å²) in [6.45, 7) is 4.11. The van der Waals surface area contributed by atoms with Crippen LogP contribution in [0.3, 0.4) is 0 Å². The largest absolute Gasteiger partial charge is 0.377 e. The van der Waals surface area contributed by atoms with Crippen LogP contribution >= 0.6 is 0 Å². The molecule has 1 atom stereocenters. The molecule has 1 saturated heterocycles. The summed E-state index contributed by atoms with van der Waals surface area (Å²) in [5.41, 5.74) is 6.51. The van der Waals surface area contributed by atoms with Gasteiger partial charge in [0.05, 0.1) is 6.10 Å². The minimum Gasteiger partial charge on any atom is -0.377 e. The molecule has 112 valence electrons. The highest BCUT2D eigenvalue weighted by molar-refractivity contribution is 4.84. The summed E-state index contributed by atoms with van der Waals surface area (Å²) in [6.07, 6.45) is 12.4. The molecule has 2 rings (SSSR count). The van der Waals surface area contributed by atoms with Gasteiger partial charge in [0.2, 0.25) is 0 Å². The van der Waals surface area contributed by atoms with Crippen LogP contribution in [0, 0.1) is 5.41 Å². The van der Waals surface area contributed by atoms with E-state index in [1.54, 1.807) is 0 Å². The lowest BCUT2D eigenvalue weighted by atomic mass is 9.72. The Morgan fingerprint density at radius 1 is 1.16 bits per heavy atom. The van der Waals surface area contributed by atoms with Crippen molar-refractivity contribution in [3.05, 3.63) is 0 Å². The average molecular weight is 268 g/mol. The van der Waals surface area contributed by atoms with Crippen LogP contribution in [0.4, 0.5) is 0 Å². The van der Waals surface area contributed by atoms with Gasteiger partial charge >= 0.3 is 0 Å². The van der Waals surface area contributed by atoms with E-state index < -0.39 is 0 Å². The molecule has 0 amide bonds. The van der Waals surface area contributed by atoms with Crippen molar-refractivity contribution in [3.63, 3.8) is 0 Å². The van der Waals surface area contributed by atoms with Gasteiger partial charge in [0.25, 0.3) is 0 Å². The molecule has 19 heavy (non-hydrogen) atoms. The second kappa shape index (κ2) is 7.61. The Labute approximate surface area is 118 Å². The molecule has 2 aliphatic rings. The quantitative estimate of drug-likeness (QED) is 0.805. The normalized spacial score (nSPS) is 27.6. The first kappa shape index (κ1) is 15.3. The Morgan fingerprint density at radius 2 is 1.95 bits per heavy atom. The maximum absolute atomic E-state index is 6.07. The predicted molar refractivity (Wildman–Crippen MR) is 80.3 cm³/mol. The molecule has 1 aliphatic heterocycles. The summed E-state index contributed by atoms with van der Waals surface area (Å²) < 4.78 is 5.83. The summed E-state index contributed by atoms with van der Waals surface area (Å²) >= 11 is 0. The molecule has 3 nitrogen and oxygen atoms in total. The van der Waals surface area contributed by atoms with E-state index in [4.69, 9.17) is 10.5 Å². The van der Waals surface area contributed by atoms with Crippen molar-refractivity contribution in [3.8, 4) is 0 Å². The number of rotatable bonds is 6. The Hall–Kier alpha value is -0.120. The van der Waals surface area contributed by atoms with Crippen molar-refractivity contribution >= 4 is 0 Å². The standard InChI is InChI=1S/C16H32N2O/c1-18(13-15-7-3-6-12-19-15)11-10-16(14-17)8-4-2-5-9-16/h15H,2-14,17H2,1H3. The van der Waals surface area contributed by atoms with Gasteiger partial charge < -0.3 is 15.4 Å². The number of nitrogens with zero attached hydrogens (tertiary/aromatic N) is 1. The summed E-state index contributed by atoms with van der Waals surface area (Å²) in [5.74, 6) is 0. The smallest absolute Gasteiger partial charge is 0.0701 e. The molecule has 1 aliphatic carbocycles. The van der Waals surface area contributed by atoms with Gasteiger partial charge in [-0.25, -0.2) is 0 Å². The minimum atomic E-state index is 0.444. The van der Waals surface area contributed by atoms with Crippen LogP contribution in [0.1, 0.15) is 57.8 Å². The molecule has 0 aromatic carbocycles. The number of ether oxygens (including phenoxy) is 1. The van der Waals surface area contributed by atoms with Crippen molar-refractivity contribution in [2.45, 2.75) is 63.9 Å². The number of hydrogen-bond donors (Lipinski definition) is 1. The van der Waals surface area contributed by atoms with E-state index in [2.05, 4.69) is 11.9 Å². The zero-order valence-electron chi connectivity index (χ0n) is 12.7. The van der Waals surface area contributed by atoms with Gasteiger partial charge in [0.1, 0.15) is 0 Å². The Morgan fingerprint density at radius 3 is 2.58 bits per heavy atom. The molecule has 1 unspecified atom stereocenters. The summed E-state index contributed by atoms with van der Waals surface area (Å²) in [7, 11) is 2.24. The van der Waals surface area contributed by atoms with Crippen LogP contribution < -0.4 is 5.73 Å². The predicted octanol–water partition coefficient (Wildman–Crippen LogP) is 2.79. The van der Waals surface area contributed by atoms with E-state index in [-0.39, 0.29) is 0 Å². The third kappa shape index (κ3) is 4.73. The Bertz CT molecular complexity index is 245. The van der Waals surface area contributed by atoms with Gasteiger partial charge in [-0.2, -0.15) is 0 Å². The fraction of sp³-hybridized carbons (Fsp3) is 1.00. The van der Waals surface area contributed by atoms with E-state index in [0.717, 1.165) is 19.7 Å². The van der Waals surface area contributed by atoms with E-state index in [1.165, 1.54) is 64.3 Å². The van der Waals surface area contributed by atoms with Gasteiger partial charge in [-0.15, -0.1) is 0 Å².